The van der Waals surface area contributed by atoms with E-state index in [2.05, 4.69) is 99.0 Å². The van der Waals surface area contributed by atoms with Gasteiger partial charge in [0.15, 0.2) is 0 Å². The van der Waals surface area contributed by atoms with Crippen molar-refractivity contribution >= 4 is 5.69 Å². The van der Waals surface area contributed by atoms with Gasteiger partial charge in [-0.1, -0.05) is 96.3 Å². The number of anilines is 1. The van der Waals surface area contributed by atoms with E-state index in [1.54, 1.807) is 0 Å². The van der Waals surface area contributed by atoms with Gasteiger partial charge in [0.25, 0.3) is 0 Å². The third-order valence-corrected chi connectivity index (χ3v) is 6.22. The van der Waals surface area contributed by atoms with Crippen LogP contribution in [0.1, 0.15) is 89.8 Å². The van der Waals surface area contributed by atoms with Crippen molar-refractivity contribution in [1.82, 2.24) is 4.90 Å². The number of likely N-dealkylation sites (N-methyl/N-ethyl adjacent to an activating group) is 1. The largest absolute Gasteiger partial charge is 0.386 e. The molecule has 2 atom stereocenters. The Bertz CT molecular complexity index is 1000. The highest BCUT2D eigenvalue weighted by atomic mass is 19.4. The van der Waals surface area contributed by atoms with Crippen molar-refractivity contribution in [2.24, 2.45) is 0 Å². The predicted molar refractivity (Wildman–Crippen MR) is 161 cm³/mol. The summed E-state index contributed by atoms with van der Waals surface area (Å²) in [5.74, 6) is 0.478. The van der Waals surface area contributed by atoms with Crippen molar-refractivity contribution in [3.63, 3.8) is 0 Å². The van der Waals surface area contributed by atoms with Gasteiger partial charge in [0.2, 0.25) is 0 Å². The second-order valence-corrected chi connectivity index (χ2v) is 9.16. The van der Waals surface area contributed by atoms with Crippen LogP contribution in [0.15, 0.2) is 85.4 Å². The number of allylic oxidation sites excluding steroid dienone is 3. The average molecular weight is 531 g/mol. The number of hydrogen-bond acceptors (Lipinski definition) is 2. The first-order valence-electron chi connectivity index (χ1n) is 13.6. The van der Waals surface area contributed by atoms with Crippen LogP contribution in [0.5, 0.6) is 0 Å². The molecule has 1 unspecified atom stereocenters. The molecule has 2 aromatic rings. The molecule has 1 aliphatic heterocycles. The molecule has 5 heteroatoms. The molecule has 2 nitrogen and oxygen atoms in total. The lowest BCUT2D eigenvalue weighted by Gasteiger charge is -2.33. The lowest BCUT2D eigenvalue weighted by atomic mass is 9.80. The van der Waals surface area contributed by atoms with Gasteiger partial charge in [-0.2, -0.15) is 13.2 Å². The van der Waals surface area contributed by atoms with Crippen molar-refractivity contribution in [2.45, 2.75) is 86.2 Å². The molecule has 1 saturated heterocycles. The number of rotatable bonds is 7. The first kappa shape index (κ1) is 35.1. The molecule has 212 valence electrons. The lowest BCUT2D eigenvalue weighted by Crippen LogP contribution is -2.23. The first-order chi connectivity index (χ1) is 17.8. The molecule has 0 saturated carbocycles. The van der Waals surface area contributed by atoms with Crippen molar-refractivity contribution in [3.8, 4) is 0 Å². The molecule has 0 aromatic heterocycles. The summed E-state index contributed by atoms with van der Waals surface area (Å²) in [5.41, 5.74) is 8.43. The zero-order chi connectivity index (χ0) is 29.6. The summed E-state index contributed by atoms with van der Waals surface area (Å²) < 4.78 is 31.1. The molecule has 0 N–H and O–H groups in total. The summed E-state index contributed by atoms with van der Waals surface area (Å²) in [5, 5.41) is 0. The standard InChI is InChI=1S/C27H34N2.C2H3F3.2C2H6/c1-19(2)28(7)23(6)27(22(5)25-12-8-10-20(3)18-25)24-13-15-26(16-14-24)29-17-9-11-21(29)4;1-2(3,4)5;2*1-2/h8,10,12-16,18,22,27H,1,4,6,9,11,17H2,2-3,5,7H3;1H3;2*1-2H3/t22?,27-;;;/m1.../s1. The summed E-state index contributed by atoms with van der Waals surface area (Å²) in [7, 11) is 2.06. The zero-order valence-electron chi connectivity index (χ0n) is 25.0. The van der Waals surface area contributed by atoms with Crippen molar-refractivity contribution in [2.75, 3.05) is 18.5 Å². The Balaban J connectivity index is 0.00000134. The number of hydrogen-bond donors (Lipinski definition) is 0. The molecule has 1 heterocycles. The van der Waals surface area contributed by atoms with Crippen LogP contribution in [-0.4, -0.2) is 24.7 Å². The van der Waals surface area contributed by atoms with Gasteiger partial charge in [-0.25, -0.2) is 0 Å². The van der Waals surface area contributed by atoms with E-state index >= 15 is 0 Å². The van der Waals surface area contributed by atoms with Crippen LogP contribution < -0.4 is 4.90 Å². The Hall–Kier alpha value is -2.95. The van der Waals surface area contributed by atoms with Gasteiger partial charge < -0.3 is 9.80 Å². The molecule has 0 aliphatic carbocycles. The molecular formula is C33H49F3N2. The molecular weight excluding hydrogens is 481 g/mol. The summed E-state index contributed by atoms with van der Waals surface area (Å²) in [6, 6.07) is 17.8. The van der Waals surface area contributed by atoms with E-state index in [-0.39, 0.29) is 12.8 Å². The number of benzene rings is 2. The molecule has 2 aromatic carbocycles. The van der Waals surface area contributed by atoms with E-state index in [4.69, 9.17) is 0 Å². The Morgan fingerprint density at radius 2 is 1.50 bits per heavy atom. The Kier molecular flexibility index (Phi) is 15.5. The maximum absolute atomic E-state index is 10.4. The SMILES string of the molecule is C=C(C)N(C)C(=C)[C@H](c1ccc(N2CCCC2=C)cc1)C(C)c1cccc(C)c1.CC.CC.CC(F)(F)F. The third-order valence-electron chi connectivity index (χ3n) is 6.22. The first-order valence-corrected chi connectivity index (χ1v) is 13.6. The van der Waals surface area contributed by atoms with E-state index in [9.17, 15) is 13.2 Å². The van der Waals surface area contributed by atoms with E-state index in [0.717, 1.165) is 24.4 Å². The third kappa shape index (κ3) is 11.2. The van der Waals surface area contributed by atoms with E-state index in [1.807, 2.05) is 34.6 Å². The quantitative estimate of drug-likeness (QED) is 0.351. The van der Waals surface area contributed by atoms with Crippen LogP contribution in [0.25, 0.3) is 0 Å². The maximum atomic E-state index is 10.4. The smallest absolute Gasteiger partial charge is 0.352 e. The molecule has 0 amide bonds. The minimum absolute atomic E-state index is 0.175. The maximum Gasteiger partial charge on any atom is 0.386 e. The number of aryl methyl sites for hydroxylation is 1. The van der Waals surface area contributed by atoms with Gasteiger partial charge in [-0.05, 0) is 55.9 Å². The van der Waals surface area contributed by atoms with Gasteiger partial charge in [0, 0.05) is 49.2 Å². The van der Waals surface area contributed by atoms with Crippen molar-refractivity contribution in [3.05, 3.63) is 102 Å². The summed E-state index contributed by atoms with van der Waals surface area (Å²) in [6.07, 6.45) is -1.72. The van der Waals surface area contributed by atoms with Crippen molar-refractivity contribution < 1.29 is 13.2 Å². The Morgan fingerprint density at radius 1 is 0.974 bits per heavy atom. The summed E-state index contributed by atoms with van der Waals surface area (Å²) in [4.78, 5) is 4.45. The monoisotopic (exact) mass is 530 g/mol. The fourth-order valence-corrected chi connectivity index (χ4v) is 4.28. The van der Waals surface area contributed by atoms with Gasteiger partial charge >= 0.3 is 6.18 Å². The molecule has 0 radical (unpaired) electrons. The molecule has 38 heavy (non-hydrogen) atoms. The lowest BCUT2D eigenvalue weighted by molar-refractivity contribution is -0.110. The van der Waals surface area contributed by atoms with Crippen LogP contribution in [0.2, 0.25) is 0 Å². The Morgan fingerprint density at radius 3 is 1.92 bits per heavy atom. The Labute approximate surface area is 230 Å². The highest BCUT2D eigenvalue weighted by molar-refractivity contribution is 5.55. The number of alkyl halides is 3. The van der Waals surface area contributed by atoms with Gasteiger partial charge in [-0.3, -0.25) is 0 Å². The van der Waals surface area contributed by atoms with Gasteiger partial charge in [-0.15, -0.1) is 0 Å². The summed E-state index contributed by atoms with van der Waals surface area (Å²) in [6.45, 7) is 28.5. The average Bonchev–Trinajstić information content (AvgIpc) is 3.31. The minimum atomic E-state index is -4.00. The fourth-order valence-electron chi connectivity index (χ4n) is 4.28. The predicted octanol–water partition coefficient (Wildman–Crippen LogP) is 10.6. The fraction of sp³-hybridized carbons (Fsp3) is 0.455. The van der Waals surface area contributed by atoms with E-state index in [1.165, 1.54) is 34.5 Å². The topological polar surface area (TPSA) is 6.48 Å². The minimum Gasteiger partial charge on any atom is -0.352 e. The zero-order valence-corrected chi connectivity index (χ0v) is 25.0. The highest BCUT2D eigenvalue weighted by Gasteiger charge is 2.27. The van der Waals surface area contributed by atoms with E-state index < -0.39 is 6.18 Å². The van der Waals surface area contributed by atoms with Gasteiger partial charge in [0.05, 0.1) is 0 Å². The van der Waals surface area contributed by atoms with Crippen molar-refractivity contribution in [1.29, 1.82) is 0 Å². The van der Waals surface area contributed by atoms with Gasteiger partial charge in [0.1, 0.15) is 0 Å². The van der Waals surface area contributed by atoms with Crippen LogP contribution >= 0.6 is 0 Å². The molecule has 3 rings (SSSR count). The molecule has 1 fully saturated rings. The van der Waals surface area contributed by atoms with E-state index in [0.29, 0.717) is 5.92 Å². The van der Waals surface area contributed by atoms with Crippen LogP contribution in [0.3, 0.4) is 0 Å². The normalized spacial score (nSPS) is 14.0. The summed E-state index contributed by atoms with van der Waals surface area (Å²) >= 11 is 0. The second kappa shape index (κ2) is 16.8. The molecule has 0 spiro atoms. The number of halogens is 3. The second-order valence-electron chi connectivity index (χ2n) is 9.16. The highest BCUT2D eigenvalue weighted by Crippen LogP contribution is 2.40. The number of nitrogens with zero attached hydrogens (tertiary/aromatic N) is 2. The van der Waals surface area contributed by atoms with Crippen LogP contribution in [0, 0.1) is 6.92 Å². The van der Waals surface area contributed by atoms with Crippen LogP contribution in [-0.2, 0) is 0 Å². The molecule has 1 aliphatic rings. The molecule has 0 bridgehead atoms. The van der Waals surface area contributed by atoms with Crippen LogP contribution in [0.4, 0.5) is 18.9 Å².